The molecule has 7 heteroatoms. The molecule has 0 bridgehead atoms. The molecule has 1 unspecified atom stereocenters. The number of carbonyl (C=O) groups excluding carboxylic acids is 2. The lowest BCUT2D eigenvalue weighted by Crippen LogP contribution is -2.22. The third-order valence-corrected chi connectivity index (χ3v) is 3.24. The summed E-state index contributed by atoms with van der Waals surface area (Å²) in [7, 11) is 0. The van der Waals surface area contributed by atoms with E-state index in [1.54, 1.807) is 18.2 Å². The zero-order valence-corrected chi connectivity index (χ0v) is 10.3. The number of hydrogen-bond donors (Lipinski definition) is 1. The van der Waals surface area contributed by atoms with E-state index in [4.69, 9.17) is 23.2 Å². The molecule has 1 aliphatic heterocycles. The number of Topliss-reactive ketones (excluding diaryl/α,β-unsaturated/α-hetero) is 1. The highest BCUT2D eigenvalue weighted by atomic mass is 35.5. The normalized spacial score (nSPS) is 21.2. The monoisotopic (exact) mass is 284 g/mol. The van der Waals surface area contributed by atoms with E-state index >= 15 is 0 Å². The van der Waals surface area contributed by atoms with Gasteiger partial charge in [-0.1, -0.05) is 35.3 Å². The Morgan fingerprint density at radius 1 is 1.28 bits per heavy atom. The summed E-state index contributed by atoms with van der Waals surface area (Å²) in [6, 6.07) is 3.35. The van der Waals surface area contributed by atoms with Crippen LogP contribution in [0.2, 0.25) is 10.0 Å². The van der Waals surface area contributed by atoms with Crippen LogP contribution in [0.15, 0.2) is 29.1 Å². The molecule has 1 saturated heterocycles. The van der Waals surface area contributed by atoms with Gasteiger partial charge in [0.25, 0.3) is 5.91 Å². The SMILES string of the molecule is O=NC1C(=O)NC(=Cc2cccc(Cl)c2Cl)C1=O. The van der Waals surface area contributed by atoms with Crippen molar-refractivity contribution in [1.29, 1.82) is 0 Å². The number of amides is 1. The molecular weight excluding hydrogens is 279 g/mol. The molecule has 0 radical (unpaired) electrons. The minimum absolute atomic E-state index is 0.0197. The average molecular weight is 285 g/mol. The van der Waals surface area contributed by atoms with Crippen LogP contribution in [0, 0.1) is 4.91 Å². The van der Waals surface area contributed by atoms with Gasteiger partial charge in [-0.25, -0.2) is 0 Å². The second kappa shape index (κ2) is 4.88. The van der Waals surface area contributed by atoms with Crippen molar-refractivity contribution in [2.75, 3.05) is 0 Å². The predicted octanol–water partition coefficient (Wildman–Crippen LogP) is 2.17. The molecular formula is C11H6Cl2N2O3. The Balaban J connectivity index is 2.41. The average Bonchev–Trinajstić information content (AvgIpc) is 2.60. The lowest BCUT2D eigenvalue weighted by atomic mass is 10.1. The Morgan fingerprint density at radius 3 is 2.61 bits per heavy atom. The van der Waals surface area contributed by atoms with Crippen LogP contribution < -0.4 is 5.32 Å². The fraction of sp³-hybridized carbons (Fsp3) is 0.0909. The molecule has 1 aliphatic rings. The molecule has 0 aromatic heterocycles. The molecule has 1 fully saturated rings. The summed E-state index contributed by atoms with van der Waals surface area (Å²) >= 11 is 11.8. The van der Waals surface area contributed by atoms with Gasteiger partial charge in [0, 0.05) is 0 Å². The van der Waals surface area contributed by atoms with Crippen molar-refractivity contribution in [3.63, 3.8) is 0 Å². The van der Waals surface area contributed by atoms with Crippen molar-refractivity contribution >= 4 is 41.0 Å². The van der Waals surface area contributed by atoms with Crippen molar-refractivity contribution in [3.05, 3.63) is 44.4 Å². The number of carbonyl (C=O) groups is 2. The Bertz CT molecular complexity index is 584. The van der Waals surface area contributed by atoms with Crippen LogP contribution in [0.3, 0.4) is 0 Å². The van der Waals surface area contributed by atoms with Gasteiger partial charge in [-0.05, 0) is 22.9 Å². The van der Waals surface area contributed by atoms with E-state index in [1.807, 2.05) is 0 Å². The third kappa shape index (κ3) is 2.14. The number of hydrogen-bond acceptors (Lipinski definition) is 4. The first-order valence-corrected chi connectivity index (χ1v) is 5.63. The van der Waals surface area contributed by atoms with E-state index in [-0.39, 0.29) is 10.7 Å². The summed E-state index contributed by atoms with van der Waals surface area (Å²) in [5.74, 6) is -1.41. The number of halogens is 2. The van der Waals surface area contributed by atoms with Crippen LogP contribution >= 0.6 is 23.2 Å². The summed E-state index contributed by atoms with van der Waals surface area (Å²) in [5, 5.41) is 5.33. The number of benzene rings is 1. The first kappa shape index (κ1) is 12.7. The molecule has 18 heavy (non-hydrogen) atoms. The predicted molar refractivity (Wildman–Crippen MR) is 67.2 cm³/mol. The largest absolute Gasteiger partial charge is 0.321 e. The highest BCUT2D eigenvalue weighted by molar-refractivity contribution is 6.43. The highest BCUT2D eigenvalue weighted by Gasteiger charge is 2.38. The Morgan fingerprint density at radius 2 is 2.00 bits per heavy atom. The van der Waals surface area contributed by atoms with E-state index in [1.165, 1.54) is 6.08 Å². The molecule has 1 N–H and O–H groups in total. The van der Waals surface area contributed by atoms with Crippen LogP contribution in [-0.4, -0.2) is 17.7 Å². The Hall–Kier alpha value is -1.72. The molecule has 1 aromatic rings. The van der Waals surface area contributed by atoms with Crippen molar-refractivity contribution in [3.8, 4) is 0 Å². The molecule has 1 amide bonds. The van der Waals surface area contributed by atoms with E-state index in [9.17, 15) is 14.5 Å². The molecule has 2 rings (SSSR count). The molecule has 5 nitrogen and oxygen atoms in total. The number of nitrogens with one attached hydrogen (secondary N) is 1. The summed E-state index contributed by atoms with van der Waals surface area (Å²) in [4.78, 5) is 33.2. The number of ketones is 1. The van der Waals surface area contributed by atoms with Gasteiger partial charge in [-0.2, -0.15) is 0 Å². The molecule has 0 spiro atoms. The first-order valence-electron chi connectivity index (χ1n) is 4.88. The molecule has 1 heterocycles. The molecule has 92 valence electrons. The summed E-state index contributed by atoms with van der Waals surface area (Å²) in [6.45, 7) is 0. The molecule has 0 aliphatic carbocycles. The summed E-state index contributed by atoms with van der Waals surface area (Å²) < 4.78 is 0. The second-order valence-corrected chi connectivity index (χ2v) is 4.35. The Kier molecular flexibility index (Phi) is 3.45. The van der Waals surface area contributed by atoms with Crippen LogP contribution in [-0.2, 0) is 9.59 Å². The van der Waals surface area contributed by atoms with Crippen LogP contribution in [0.25, 0.3) is 6.08 Å². The number of nitroso groups, excluding NO2 is 1. The van der Waals surface area contributed by atoms with Crippen LogP contribution in [0.4, 0.5) is 0 Å². The fourth-order valence-electron chi connectivity index (χ4n) is 1.52. The van der Waals surface area contributed by atoms with Crippen LogP contribution in [0.1, 0.15) is 5.56 Å². The Labute approximate surface area is 112 Å². The standard InChI is InChI=1S/C11H6Cl2N2O3/c12-6-3-1-2-5(8(6)13)4-7-10(16)9(15-18)11(17)14-7/h1-4,9H,(H,14,17). The molecule has 0 saturated carbocycles. The van der Waals surface area contributed by atoms with E-state index in [0.29, 0.717) is 10.6 Å². The maximum Gasteiger partial charge on any atom is 0.261 e. The molecule has 1 aromatic carbocycles. The van der Waals surface area contributed by atoms with E-state index in [2.05, 4.69) is 10.5 Å². The van der Waals surface area contributed by atoms with Gasteiger partial charge in [0.1, 0.15) is 0 Å². The maximum absolute atomic E-state index is 11.6. The third-order valence-electron chi connectivity index (χ3n) is 2.41. The van der Waals surface area contributed by atoms with Crippen molar-refractivity contribution < 1.29 is 9.59 Å². The van der Waals surface area contributed by atoms with Gasteiger partial charge in [0.15, 0.2) is 0 Å². The van der Waals surface area contributed by atoms with Gasteiger partial charge >= 0.3 is 0 Å². The smallest absolute Gasteiger partial charge is 0.261 e. The lowest BCUT2D eigenvalue weighted by molar-refractivity contribution is -0.123. The number of nitrogens with zero attached hydrogens (tertiary/aromatic N) is 1. The van der Waals surface area contributed by atoms with Gasteiger partial charge in [0.05, 0.1) is 15.7 Å². The second-order valence-electron chi connectivity index (χ2n) is 3.56. The minimum Gasteiger partial charge on any atom is -0.321 e. The van der Waals surface area contributed by atoms with E-state index < -0.39 is 17.7 Å². The fourth-order valence-corrected chi connectivity index (χ4v) is 1.88. The van der Waals surface area contributed by atoms with Crippen molar-refractivity contribution in [2.45, 2.75) is 6.04 Å². The summed E-state index contributed by atoms with van der Waals surface area (Å²) in [5.41, 5.74) is 0.452. The molecule has 1 atom stereocenters. The zero-order valence-electron chi connectivity index (χ0n) is 8.81. The van der Waals surface area contributed by atoms with Crippen molar-refractivity contribution in [1.82, 2.24) is 5.32 Å². The van der Waals surface area contributed by atoms with Gasteiger partial charge in [-0.3, -0.25) is 9.59 Å². The van der Waals surface area contributed by atoms with Gasteiger partial charge in [0.2, 0.25) is 11.8 Å². The van der Waals surface area contributed by atoms with Crippen molar-refractivity contribution in [2.24, 2.45) is 5.18 Å². The lowest BCUT2D eigenvalue weighted by Gasteiger charge is -2.01. The highest BCUT2D eigenvalue weighted by Crippen LogP contribution is 2.27. The van der Waals surface area contributed by atoms with Crippen LogP contribution in [0.5, 0.6) is 0 Å². The van der Waals surface area contributed by atoms with Gasteiger partial charge < -0.3 is 5.32 Å². The topological polar surface area (TPSA) is 75.6 Å². The number of rotatable bonds is 2. The zero-order chi connectivity index (χ0) is 13.3. The maximum atomic E-state index is 11.6. The van der Waals surface area contributed by atoms with E-state index in [0.717, 1.165) is 0 Å². The summed E-state index contributed by atoms with van der Waals surface area (Å²) in [6.07, 6.45) is 1.36. The van der Waals surface area contributed by atoms with Gasteiger partial charge in [-0.15, -0.1) is 4.91 Å². The quantitative estimate of drug-likeness (QED) is 0.514. The first-order chi connectivity index (χ1) is 8.54. The minimum atomic E-state index is -1.52.